The Kier molecular flexibility index (Phi) is 6.77. The number of nitrogens with zero attached hydrogens (tertiary/aromatic N) is 4. The van der Waals surface area contributed by atoms with E-state index >= 15 is 0 Å². The molecule has 0 bridgehead atoms. The lowest BCUT2D eigenvalue weighted by Crippen LogP contribution is -2.24. The lowest BCUT2D eigenvalue weighted by Gasteiger charge is -2.20. The fraction of sp³-hybridized carbons (Fsp3) is 0.214. The minimum absolute atomic E-state index is 0.164. The van der Waals surface area contributed by atoms with Crippen LogP contribution < -0.4 is 5.43 Å². The van der Waals surface area contributed by atoms with Gasteiger partial charge in [-0.1, -0.05) is 71.9 Å². The van der Waals surface area contributed by atoms with Gasteiger partial charge in [-0.15, -0.1) is 10.2 Å². The quantitative estimate of drug-likeness (QED) is 0.292. The molecule has 3 aromatic carbocycles. The molecule has 1 aliphatic carbocycles. The highest BCUT2D eigenvalue weighted by Gasteiger charge is 2.19. The van der Waals surface area contributed by atoms with E-state index in [9.17, 15) is 4.79 Å². The van der Waals surface area contributed by atoms with E-state index in [-0.39, 0.29) is 11.7 Å². The van der Waals surface area contributed by atoms with Crippen LogP contribution in [-0.4, -0.2) is 32.1 Å². The molecule has 0 aliphatic heterocycles. The third kappa shape index (κ3) is 5.05. The van der Waals surface area contributed by atoms with Gasteiger partial charge >= 0.3 is 0 Å². The molecule has 1 N–H and O–H groups in total. The lowest BCUT2D eigenvalue weighted by molar-refractivity contribution is -0.118. The minimum atomic E-state index is -0.164. The van der Waals surface area contributed by atoms with Gasteiger partial charge in [-0.2, -0.15) is 5.10 Å². The summed E-state index contributed by atoms with van der Waals surface area (Å²) in [7, 11) is 0. The maximum absolute atomic E-state index is 12.7. The Morgan fingerprint density at radius 2 is 1.74 bits per heavy atom. The number of hydrogen-bond donors (Lipinski definition) is 1. The number of hydrazone groups is 1. The summed E-state index contributed by atoms with van der Waals surface area (Å²) in [6.45, 7) is 4.25. The van der Waals surface area contributed by atoms with Crippen molar-refractivity contribution in [2.24, 2.45) is 5.10 Å². The second-order valence-electron chi connectivity index (χ2n) is 8.69. The Morgan fingerprint density at radius 1 is 1.00 bits per heavy atom. The highest BCUT2D eigenvalue weighted by atomic mass is 32.2. The van der Waals surface area contributed by atoms with Crippen LogP contribution in [-0.2, 0) is 11.2 Å². The number of thioether (sulfide) groups is 1. The molecule has 1 heterocycles. The molecule has 1 aromatic heterocycles. The molecule has 0 spiro atoms. The predicted molar refractivity (Wildman–Crippen MR) is 141 cm³/mol. The number of fused-ring (bicyclic) bond motifs is 1. The second kappa shape index (κ2) is 10.3. The van der Waals surface area contributed by atoms with E-state index in [0.29, 0.717) is 5.16 Å². The van der Waals surface area contributed by atoms with Gasteiger partial charge in [0.05, 0.1) is 11.5 Å². The van der Waals surface area contributed by atoms with Gasteiger partial charge in [0.25, 0.3) is 5.91 Å². The van der Waals surface area contributed by atoms with Gasteiger partial charge in [-0.05, 0) is 62.4 Å². The Morgan fingerprint density at radius 3 is 2.51 bits per heavy atom. The third-order valence-electron chi connectivity index (χ3n) is 6.10. The average Bonchev–Trinajstić information content (AvgIpc) is 3.31. The van der Waals surface area contributed by atoms with Gasteiger partial charge in [0.1, 0.15) is 0 Å². The molecule has 7 heteroatoms. The minimum Gasteiger partial charge on any atom is -0.272 e. The standard InChI is InChI=1S/C28H27N5OS/c1-19-16-20(2)23-14-9-15-25(24(23)17-19)29-30-26(34)18-35-28-32-31-27(21-10-5-3-6-11-21)33(28)22-12-7-4-8-13-22/h3-8,10-13,16-17H,9,14-15,18H2,1-2H3,(H,30,34)/b29-25+. The van der Waals surface area contributed by atoms with Crippen molar-refractivity contribution in [3.05, 3.63) is 95.1 Å². The van der Waals surface area contributed by atoms with Crippen LogP contribution in [0.5, 0.6) is 0 Å². The van der Waals surface area contributed by atoms with Crippen LogP contribution >= 0.6 is 11.8 Å². The molecule has 0 atom stereocenters. The summed E-state index contributed by atoms with van der Waals surface area (Å²) in [4.78, 5) is 12.7. The van der Waals surface area contributed by atoms with E-state index in [2.05, 4.69) is 46.7 Å². The Balaban J connectivity index is 1.34. The second-order valence-corrected chi connectivity index (χ2v) is 9.63. The number of rotatable bonds is 6. The molecular formula is C28H27N5OS. The van der Waals surface area contributed by atoms with Crippen molar-refractivity contribution in [2.75, 3.05) is 5.75 Å². The topological polar surface area (TPSA) is 72.2 Å². The van der Waals surface area contributed by atoms with Crippen LogP contribution in [0, 0.1) is 13.8 Å². The highest BCUT2D eigenvalue weighted by molar-refractivity contribution is 7.99. The van der Waals surface area contributed by atoms with Gasteiger partial charge < -0.3 is 0 Å². The molecule has 0 radical (unpaired) electrons. The summed E-state index contributed by atoms with van der Waals surface area (Å²) in [5.41, 5.74) is 10.7. The van der Waals surface area contributed by atoms with Crippen molar-refractivity contribution in [1.82, 2.24) is 20.2 Å². The predicted octanol–water partition coefficient (Wildman–Crippen LogP) is 5.50. The van der Waals surface area contributed by atoms with Crippen molar-refractivity contribution in [2.45, 2.75) is 38.3 Å². The maximum Gasteiger partial charge on any atom is 0.250 e. The SMILES string of the molecule is Cc1cc(C)c2c(c1)/C(=N/NC(=O)CSc1nnc(-c3ccccc3)n1-c1ccccc1)CCC2. The van der Waals surface area contributed by atoms with E-state index in [1.165, 1.54) is 28.5 Å². The molecule has 0 unspecified atom stereocenters. The fourth-order valence-corrected chi connectivity index (χ4v) is 5.25. The normalized spacial score (nSPS) is 14.1. The monoisotopic (exact) mass is 481 g/mol. The number of hydrogen-bond acceptors (Lipinski definition) is 5. The van der Waals surface area contributed by atoms with E-state index in [0.717, 1.165) is 47.6 Å². The first kappa shape index (κ1) is 23.1. The molecule has 0 fully saturated rings. The Labute approximate surface area is 209 Å². The van der Waals surface area contributed by atoms with Crippen molar-refractivity contribution >= 4 is 23.4 Å². The summed E-state index contributed by atoms with van der Waals surface area (Å²) in [5.74, 6) is 0.767. The Bertz CT molecular complexity index is 1380. The molecule has 176 valence electrons. The Hall–Kier alpha value is -3.71. The number of benzene rings is 3. The number of nitrogens with one attached hydrogen (secondary N) is 1. The molecule has 0 saturated carbocycles. The van der Waals surface area contributed by atoms with Crippen LogP contribution in [0.15, 0.2) is 83.1 Å². The zero-order chi connectivity index (χ0) is 24.2. The van der Waals surface area contributed by atoms with E-state index in [1.54, 1.807) is 0 Å². The largest absolute Gasteiger partial charge is 0.272 e. The van der Waals surface area contributed by atoms with Crippen molar-refractivity contribution in [3.63, 3.8) is 0 Å². The van der Waals surface area contributed by atoms with E-state index in [4.69, 9.17) is 0 Å². The number of aromatic nitrogens is 3. The first-order chi connectivity index (χ1) is 17.1. The van der Waals surface area contributed by atoms with E-state index in [1.807, 2.05) is 65.2 Å². The number of para-hydroxylation sites is 1. The zero-order valence-corrected chi connectivity index (χ0v) is 20.7. The number of aryl methyl sites for hydroxylation is 2. The summed E-state index contributed by atoms with van der Waals surface area (Å²) in [6.07, 6.45) is 2.97. The summed E-state index contributed by atoms with van der Waals surface area (Å²) in [6, 6.07) is 24.3. The average molecular weight is 482 g/mol. The van der Waals surface area contributed by atoms with Gasteiger partial charge in [0, 0.05) is 16.8 Å². The third-order valence-corrected chi connectivity index (χ3v) is 7.03. The molecular weight excluding hydrogens is 454 g/mol. The van der Waals surface area contributed by atoms with Crippen LogP contribution in [0.1, 0.15) is 35.1 Å². The van der Waals surface area contributed by atoms with Gasteiger partial charge in [0.15, 0.2) is 11.0 Å². The van der Waals surface area contributed by atoms with E-state index < -0.39 is 0 Å². The van der Waals surface area contributed by atoms with Gasteiger partial charge in [-0.3, -0.25) is 9.36 Å². The molecule has 6 nitrogen and oxygen atoms in total. The van der Waals surface area contributed by atoms with Crippen molar-refractivity contribution < 1.29 is 4.79 Å². The first-order valence-electron chi connectivity index (χ1n) is 11.7. The molecule has 4 aromatic rings. The number of amides is 1. The van der Waals surface area contributed by atoms with Crippen LogP contribution in [0.25, 0.3) is 17.1 Å². The lowest BCUT2D eigenvalue weighted by atomic mass is 9.86. The van der Waals surface area contributed by atoms with Gasteiger partial charge in [0.2, 0.25) is 0 Å². The summed E-state index contributed by atoms with van der Waals surface area (Å²) < 4.78 is 1.99. The molecule has 1 amide bonds. The highest BCUT2D eigenvalue weighted by Crippen LogP contribution is 2.28. The summed E-state index contributed by atoms with van der Waals surface area (Å²) in [5, 5.41) is 14.0. The number of carbonyl (C=O) groups excluding carboxylic acids is 1. The number of carbonyl (C=O) groups is 1. The summed E-state index contributed by atoms with van der Waals surface area (Å²) >= 11 is 1.35. The fourth-order valence-electron chi connectivity index (χ4n) is 4.51. The maximum atomic E-state index is 12.7. The molecule has 5 rings (SSSR count). The van der Waals surface area contributed by atoms with Crippen molar-refractivity contribution in [1.29, 1.82) is 0 Å². The van der Waals surface area contributed by atoms with Crippen LogP contribution in [0.3, 0.4) is 0 Å². The van der Waals surface area contributed by atoms with Gasteiger partial charge in [-0.25, -0.2) is 5.43 Å². The first-order valence-corrected chi connectivity index (χ1v) is 12.7. The zero-order valence-electron chi connectivity index (χ0n) is 19.9. The van der Waals surface area contributed by atoms with Crippen LogP contribution in [0.2, 0.25) is 0 Å². The van der Waals surface area contributed by atoms with Crippen molar-refractivity contribution in [3.8, 4) is 17.1 Å². The molecule has 0 saturated heterocycles. The molecule has 1 aliphatic rings. The molecule has 35 heavy (non-hydrogen) atoms. The van der Waals surface area contributed by atoms with Crippen LogP contribution in [0.4, 0.5) is 0 Å². The smallest absolute Gasteiger partial charge is 0.250 e.